The van der Waals surface area contributed by atoms with Crippen LogP contribution in [0.1, 0.15) is 46.3 Å². The molecule has 1 fully saturated rings. The number of amides is 1. The summed E-state index contributed by atoms with van der Waals surface area (Å²) in [6, 6.07) is 12.5. The molecule has 1 aliphatic rings. The Labute approximate surface area is 163 Å². The van der Waals surface area contributed by atoms with E-state index in [2.05, 4.69) is 11.2 Å². The molecule has 1 saturated heterocycles. The lowest BCUT2D eigenvalue weighted by molar-refractivity contribution is 0.0712. The van der Waals surface area contributed by atoms with E-state index < -0.39 is 0 Å². The monoisotopic (exact) mass is 377 g/mol. The quantitative estimate of drug-likeness (QED) is 0.744. The molecule has 3 heterocycles. The van der Waals surface area contributed by atoms with Crippen molar-refractivity contribution < 1.29 is 14.4 Å². The fourth-order valence-corrected chi connectivity index (χ4v) is 3.83. The lowest BCUT2D eigenvalue weighted by Gasteiger charge is -2.32. The van der Waals surface area contributed by atoms with Gasteiger partial charge in [-0.05, 0) is 63.1 Å². The number of benzene rings is 1. The molecule has 6 heteroatoms. The van der Waals surface area contributed by atoms with Crippen LogP contribution in [0.5, 0.6) is 5.75 Å². The summed E-state index contributed by atoms with van der Waals surface area (Å²) in [6.07, 6.45) is 1.75. The molecule has 2 aromatic heterocycles. The molecule has 144 valence electrons. The number of hydrogen-bond donors (Lipinski definition) is 1. The third kappa shape index (κ3) is 3.50. The van der Waals surface area contributed by atoms with Gasteiger partial charge < -0.3 is 14.5 Å². The van der Waals surface area contributed by atoms with Crippen molar-refractivity contribution in [3.05, 3.63) is 65.2 Å². The zero-order valence-corrected chi connectivity index (χ0v) is 16.1. The standard InChI is InChI=1S/C22H23N3O3/c1-14-21(15(2)28-24-14)20-5-3-4-19(23-20)16-10-12-25(13-11-16)22(27)17-6-8-18(26)9-7-17/h3-9,16,26H,10-13H2,1-2H3. The second-order valence-electron chi connectivity index (χ2n) is 7.26. The third-order valence-corrected chi connectivity index (χ3v) is 5.37. The molecule has 6 nitrogen and oxygen atoms in total. The van der Waals surface area contributed by atoms with Crippen LogP contribution in [0.2, 0.25) is 0 Å². The van der Waals surface area contributed by atoms with Crippen molar-refractivity contribution in [2.24, 2.45) is 0 Å². The van der Waals surface area contributed by atoms with Crippen molar-refractivity contribution in [1.82, 2.24) is 15.0 Å². The molecule has 0 saturated carbocycles. The van der Waals surface area contributed by atoms with Gasteiger partial charge in [0.25, 0.3) is 5.91 Å². The van der Waals surface area contributed by atoms with Crippen LogP contribution >= 0.6 is 0 Å². The van der Waals surface area contributed by atoms with E-state index in [1.54, 1.807) is 24.3 Å². The van der Waals surface area contributed by atoms with Crippen molar-refractivity contribution in [3.63, 3.8) is 0 Å². The fraction of sp³-hybridized carbons (Fsp3) is 0.318. The number of pyridine rings is 1. The zero-order chi connectivity index (χ0) is 19.7. The highest BCUT2D eigenvalue weighted by Crippen LogP contribution is 2.31. The smallest absolute Gasteiger partial charge is 0.253 e. The molecule has 0 radical (unpaired) electrons. The largest absolute Gasteiger partial charge is 0.508 e. The van der Waals surface area contributed by atoms with Gasteiger partial charge in [0.15, 0.2) is 0 Å². The van der Waals surface area contributed by atoms with Crippen LogP contribution in [0.15, 0.2) is 47.0 Å². The van der Waals surface area contributed by atoms with Crippen molar-refractivity contribution in [3.8, 4) is 17.0 Å². The summed E-state index contributed by atoms with van der Waals surface area (Å²) in [5, 5.41) is 13.4. The summed E-state index contributed by atoms with van der Waals surface area (Å²) in [4.78, 5) is 19.4. The van der Waals surface area contributed by atoms with E-state index in [9.17, 15) is 9.90 Å². The number of aryl methyl sites for hydroxylation is 2. The Morgan fingerprint density at radius 1 is 1.11 bits per heavy atom. The molecule has 1 aliphatic heterocycles. The minimum absolute atomic E-state index is 0.0101. The number of aromatic nitrogens is 2. The van der Waals surface area contributed by atoms with E-state index in [0.717, 1.165) is 41.2 Å². The molecular weight excluding hydrogens is 354 g/mol. The maximum Gasteiger partial charge on any atom is 0.253 e. The highest BCUT2D eigenvalue weighted by Gasteiger charge is 2.26. The third-order valence-electron chi connectivity index (χ3n) is 5.37. The lowest BCUT2D eigenvalue weighted by Crippen LogP contribution is -2.38. The number of rotatable bonds is 3. The highest BCUT2D eigenvalue weighted by molar-refractivity contribution is 5.94. The van der Waals surface area contributed by atoms with Crippen LogP contribution in [0, 0.1) is 13.8 Å². The number of likely N-dealkylation sites (tertiary alicyclic amines) is 1. The maximum atomic E-state index is 12.7. The van der Waals surface area contributed by atoms with Crippen LogP contribution in [-0.2, 0) is 0 Å². The summed E-state index contributed by atoms with van der Waals surface area (Å²) >= 11 is 0. The molecule has 3 aromatic rings. The van der Waals surface area contributed by atoms with Crippen LogP contribution in [0.4, 0.5) is 0 Å². The lowest BCUT2D eigenvalue weighted by atomic mass is 9.92. The first-order chi connectivity index (χ1) is 13.5. The van der Waals surface area contributed by atoms with E-state index in [-0.39, 0.29) is 11.7 Å². The molecule has 28 heavy (non-hydrogen) atoms. The summed E-state index contributed by atoms with van der Waals surface area (Å²) in [6.45, 7) is 5.22. The Morgan fingerprint density at radius 2 is 1.82 bits per heavy atom. The van der Waals surface area contributed by atoms with Crippen molar-refractivity contribution in [2.45, 2.75) is 32.6 Å². The Balaban J connectivity index is 1.46. The van der Waals surface area contributed by atoms with Gasteiger partial charge in [0.05, 0.1) is 17.0 Å². The van der Waals surface area contributed by atoms with Crippen LogP contribution < -0.4 is 0 Å². The molecule has 1 amide bonds. The number of piperidine rings is 1. The summed E-state index contributed by atoms with van der Waals surface area (Å²) < 4.78 is 5.28. The predicted molar refractivity (Wildman–Crippen MR) is 105 cm³/mol. The highest BCUT2D eigenvalue weighted by atomic mass is 16.5. The average Bonchev–Trinajstić information content (AvgIpc) is 3.06. The van der Waals surface area contributed by atoms with Gasteiger partial charge in [-0.3, -0.25) is 9.78 Å². The summed E-state index contributed by atoms with van der Waals surface area (Å²) in [7, 11) is 0. The van der Waals surface area contributed by atoms with Crippen LogP contribution in [0.25, 0.3) is 11.3 Å². The molecule has 4 rings (SSSR count). The van der Waals surface area contributed by atoms with Gasteiger partial charge in [-0.25, -0.2) is 0 Å². The number of carbonyl (C=O) groups excluding carboxylic acids is 1. The molecule has 0 spiro atoms. The molecule has 0 atom stereocenters. The average molecular weight is 377 g/mol. The number of phenolic OH excluding ortho intramolecular Hbond substituents is 1. The van der Waals surface area contributed by atoms with E-state index in [1.807, 2.05) is 30.9 Å². The van der Waals surface area contributed by atoms with Crippen molar-refractivity contribution >= 4 is 5.91 Å². The molecule has 0 bridgehead atoms. The number of hydrogen-bond acceptors (Lipinski definition) is 5. The molecule has 1 aromatic carbocycles. The number of nitrogens with zero attached hydrogens (tertiary/aromatic N) is 3. The number of aromatic hydroxyl groups is 1. The van der Waals surface area contributed by atoms with E-state index >= 15 is 0 Å². The Kier molecular flexibility index (Phi) is 4.86. The minimum atomic E-state index is 0.0101. The first kappa shape index (κ1) is 18.2. The van der Waals surface area contributed by atoms with Crippen molar-refractivity contribution in [2.75, 3.05) is 13.1 Å². The van der Waals surface area contributed by atoms with Gasteiger partial charge in [-0.2, -0.15) is 0 Å². The van der Waals surface area contributed by atoms with Gasteiger partial charge in [0.2, 0.25) is 0 Å². The molecule has 0 aliphatic carbocycles. The fourth-order valence-electron chi connectivity index (χ4n) is 3.83. The Hall–Kier alpha value is -3.15. The van der Waals surface area contributed by atoms with Gasteiger partial charge >= 0.3 is 0 Å². The topological polar surface area (TPSA) is 79.5 Å². The first-order valence-electron chi connectivity index (χ1n) is 9.51. The molecular formula is C22H23N3O3. The Bertz CT molecular complexity index is 967. The van der Waals surface area contributed by atoms with Gasteiger partial charge in [0, 0.05) is 30.3 Å². The minimum Gasteiger partial charge on any atom is -0.508 e. The number of phenols is 1. The molecule has 1 N–H and O–H groups in total. The first-order valence-corrected chi connectivity index (χ1v) is 9.51. The van der Waals surface area contributed by atoms with Gasteiger partial charge in [-0.15, -0.1) is 0 Å². The van der Waals surface area contributed by atoms with Crippen molar-refractivity contribution in [1.29, 1.82) is 0 Å². The van der Waals surface area contributed by atoms with Crippen LogP contribution in [0.3, 0.4) is 0 Å². The predicted octanol–water partition coefficient (Wildman–Crippen LogP) is 4.08. The second kappa shape index (κ2) is 7.46. The zero-order valence-electron chi connectivity index (χ0n) is 16.1. The van der Waals surface area contributed by atoms with Crippen LogP contribution in [-0.4, -0.2) is 39.1 Å². The van der Waals surface area contributed by atoms with E-state index in [4.69, 9.17) is 9.51 Å². The second-order valence-corrected chi connectivity index (χ2v) is 7.26. The summed E-state index contributed by atoms with van der Waals surface area (Å²) in [5.74, 6) is 1.27. The molecule has 0 unspecified atom stereocenters. The van der Waals surface area contributed by atoms with E-state index in [0.29, 0.717) is 24.6 Å². The Morgan fingerprint density at radius 3 is 2.46 bits per heavy atom. The van der Waals surface area contributed by atoms with Gasteiger partial charge in [0.1, 0.15) is 11.5 Å². The van der Waals surface area contributed by atoms with E-state index in [1.165, 1.54) is 0 Å². The van der Waals surface area contributed by atoms with Gasteiger partial charge in [-0.1, -0.05) is 11.2 Å². The normalized spacial score (nSPS) is 15.0. The number of carbonyl (C=O) groups is 1. The maximum absolute atomic E-state index is 12.7. The summed E-state index contributed by atoms with van der Waals surface area (Å²) in [5.41, 5.74) is 4.35. The SMILES string of the molecule is Cc1noc(C)c1-c1cccc(C2CCN(C(=O)c3ccc(O)cc3)CC2)n1.